The molecule has 7 heteroatoms. The quantitative estimate of drug-likeness (QED) is 0.831. The minimum absolute atomic E-state index is 0.0617. The van der Waals surface area contributed by atoms with E-state index in [2.05, 4.69) is 10.4 Å². The number of carbonyl (C=O) groups excluding carboxylic acids is 1. The molecule has 1 saturated heterocycles. The molecule has 1 N–H and O–H groups in total. The lowest BCUT2D eigenvalue weighted by Crippen LogP contribution is -2.41. The lowest BCUT2D eigenvalue weighted by atomic mass is 10.0. The Kier molecular flexibility index (Phi) is 4.87. The van der Waals surface area contributed by atoms with E-state index in [0.29, 0.717) is 11.7 Å². The molecule has 6 nitrogen and oxygen atoms in total. The number of aromatic nitrogens is 2. The Hall–Kier alpha value is -2.25. The Morgan fingerprint density at radius 3 is 2.64 bits per heavy atom. The number of carbonyl (C=O) groups is 1. The summed E-state index contributed by atoms with van der Waals surface area (Å²) in [7, 11) is 1.61. The van der Waals surface area contributed by atoms with Crippen LogP contribution in [0, 0.1) is 13.8 Å². The Morgan fingerprint density at radius 2 is 2.00 bits per heavy atom. The van der Waals surface area contributed by atoms with Gasteiger partial charge in [-0.05, 0) is 45.1 Å². The van der Waals surface area contributed by atoms with Crippen LogP contribution in [-0.4, -0.2) is 45.5 Å². The number of rotatable bonds is 5. The summed E-state index contributed by atoms with van der Waals surface area (Å²) in [5, 5.41) is 8.22. The fourth-order valence-electron chi connectivity index (χ4n) is 3.32. The highest BCUT2D eigenvalue weighted by atomic mass is 32.1. The van der Waals surface area contributed by atoms with Crippen molar-refractivity contribution in [3.05, 3.63) is 47.3 Å². The zero-order valence-electron chi connectivity index (χ0n) is 14.8. The molecule has 0 aliphatic carbocycles. The van der Waals surface area contributed by atoms with Crippen molar-refractivity contribution < 1.29 is 9.53 Å². The van der Waals surface area contributed by atoms with Crippen LogP contribution in [-0.2, 0) is 9.53 Å². The maximum Gasteiger partial charge on any atom is 0.256 e. The van der Waals surface area contributed by atoms with E-state index in [1.165, 1.54) is 0 Å². The van der Waals surface area contributed by atoms with E-state index in [4.69, 9.17) is 17.0 Å². The van der Waals surface area contributed by atoms with Gasteiger partial charge in [-0.1, -0.05) is 18.2 Å². The Labute approximate surface area is 152 Å². The molecule has 132 valence electrons. The summed E-state index contributed by atoms with van der Waals surface area (Å²) in [4.78, 5) is 14.6. The first-order valence-electron chi connectivity index (χ1n) is 8.19. The lowest BCUT2D eigenvalue weighted by molar-refractivity contribution is -0.129. The summed E-state index contributed by atoms with van der Waals surface area (Å²) in [5.41, 5.74) is 3.59. The van der Waals surface area contributed by atoms with E-state index in [1.54, 1.807) is 12.0 Å². The lowest BCUT2D eigenvalue weighted by Gasteiger charge is -2.22. The maximum atomic E-state index is 13.0. The average Bonchev–Trinajstić information content (AvgIpc) is 3.04. The van der Waals surface area contributed by atoms with Crippen LogP contribution in [0.15, 0.2) is 30.3 Å². The van der Waals surface area contributed by atoms with Gasteiger partial charge in [0.2, 0.25) is 0 Å². The first kappa shape index (κ1) is 17.6. The summed E-state index contributed by atoms with van der Waals surface area (Å²) < 4.78 is 7.03. The highest BCUT2D eigenvalue weighted by Gasteiger charge is 2.41. The molecule has 1 fully saturated rings. The smallest absolute Gasteiger partial charge is 0.256 e. The van der Waals surface area contributed by atoms with Crippen molar-refractivity contribution in [2.75, 3.05) is 13.7 Å². The van der Waals surface area contributed by atoms with Gasteiger partial charge in [-0.25, -0.2) is 4.68 Å². The Morgan fingerprint density at radius 1 is 1.32 bits per heavy atom. The number of benzene rings is 1. The van der Waals surface area contributed by atoms with Gasteiger partial charge in [0.25, 0.3) is 5.91 Å². The van der Waals surface area contributed by atoms with Gasteiger partial charge >= 0.3 is 0 Å². The van der Waals surface area contributed by atoms with E-state index in [0.717, 1.165) is 22.6 Å². The molecule has 1 aromatic carbocycles. The molecule has 0 spiro atoms. The van der Waals surface area contributed by atoms with Gasteiger partial charge in [0.05, 0.1) is 24.0 Å². The number of nitrogens with zero attached hydrogens (tertiary/aromatic N) is 3. The first-order valence-corrected chi connectivity index (χ1v) is 8.60. The molecule has 2 atom stereocenters. The van der Waals surface area contributed by atoms with Gasteiger partial charge in [-0.3, -0.25) is 9.69 Å². The van der Waals surface area contributed by atoms with Crippen molar-refractivity contribution in [2.45, 2.75) is 32.9 Å². The summed E-state index contributed by atoms with van der Waals surface area (Å²) in [6.45, 7) is 6.25. The average molecular weight is 358 g/mol. The van der Waals surface area contributed by atoms with Crippen molar-refractivity contribution in [1.82, 2.24) is 20.0 Å². The number of hydrogen-bond donors (Lipinski definition) is 1. The molecule has 1 aromatic heterocycles. The van der Waals surface area contributed by atoms with E-state index < -0.39 is 6.04 Å². The number of thiocarbonyl (C=S) groups is 1. The second kappa shape index (κ2) is 6.93. The fraction of sp³-hybridized carbons (Fsp3) is 0.389. The molecule has 0 unspecified atom stereocenters. The monoisotopic (exact) mass is 358 g/mol. The Bertz CT molecular complexity index is 803. The minimum Gasteiger partial charge on any atom is -0.383 e. The van der Waals surface area contributed by atoms with Gasteiger partial charge in [0.15, 0.2) is 5.11 Å². The summed E-state index contributed by atoms with van der Waals surface area (Å²) in [6.07, 6.45) is 0. The molecule has 3 rings (SSSR count). The number of hydrogen-bond acceptors (Lipinski definition) is 4. The predicted molar refractivity (Wildman–Crippen MR) is 99.7 cm³/mol. The van der Waals surface area contributed by atoms with Crippen molar-refractivity contribution in [2.24, 2.45) is 0 Å². The largest absolute Gasteiger partial charge is 0.383 e. The van der Waals surface area contributed by atoms with Crippen molar-refractivity contribution in [3.8, 4) is 5.69 Å². The number of aryl methyl sites for hydroxylation is 1. The summed E-state index contributed by atoms with van der Waals surface area (Å²) in [5.74, 6) is -0.0617. The molecule has 1 aliphatic rings. The van der Waals surface area contributed by atoms with Crippen molar-refractivity contribution in [1.29, 1.82) is 0 Å². The van der Waals surface area contributed by atoms with Crippen molar-refractivity contribution in [3.63, 3.8) is 0 Å². The predicted octanol–water partition coefficient (Wildman–Crippen LogP) is 2.28. The van der Waals surface area contributed by atoms with Gasteiger partial charge in [0.1, 0.15) is 6.04 Å². The molecule has 1 aliphatic heterocycles. The molecule has 0 saturated carbocycles. The molecule has 1 amide bonds. The van der Waals surface area contributed by atoms with Crippen LogP contribution in [0.25, 0.3) is 5.69 Å². The summed E-state index contributed by atoms with van der Waals surface area (Å²) >= 11 is 5.38. The van der Waals surface area contributed by atoms with E-state index in [9.17, 15) is 4.79 Å². The van der Waals surface area contributed by atoms with Gasteiger partial charge in [-0.2, -0.15) is 5.10 Å². The van der Waals surface area contributed by atoms with Crippen LogP contribution in [0.1, 0.15) is 29.9 Å². The second-order valence-corrected chi connectivity index (χ2v) is 6.61. The van der Waals surface area contributed by atoms with Crippen LogP contribution in [0.3, 0.4) is 0 Å². The van der Waals surface area contributed by atoms with Gasteiger partial charge < -0.3 is 10.1 Å². The van der Waals surface area contributed by atoms with Crippen LogP contribution in [0.5, 0.6) is 0 Å². The maximum absolute atomic E-state index is 13.0. The number of nitrogens with one attached hydrogen (secondary N) is 1. The van der Waals surface area contributed by atoms with Crippen LogP contribution >= 0.6 is 12.2 Å². The zero-order chi connectivity index (χ0) is 18.1. The molecule has 2 heterocycles. The SMILES string of the molecule is COC[C@H](C)N1C(=O)[C@@H](c2c(C)nn(-c3ccccc3)c2C)NC1=S. The molecule has 25 heavy (non-hydrogen) atoms. The van der Waals surface area contributed by atoms with Crippen LogP contribution in [0.4, 0.5) is 0 Å². The molecule has 2 aromatic rings. The second-order valence-electron chi connectivity index (χ2n) is 6.23. The molecule has 0 radical (unpaired) electrons. The van der Waals surface area contributed by atoms with E-state index in [-0.39, 0.29) is 11.9 Å². The number of ether oxygens (including phenoxy) is 1. The normalized spacial score (nSPS) is 18.6. The van der Waals surface area contributed by atoms with E-state index in [1.807, 2.05) is 55.8 Å². The van der Waals surface area contributed by atoms with Crippen molar-refractivity contribution >= 4 is 23.2 Å². The topological polar surface area (TPSA) is 59.4 Å². The number of amides is 1. The minimum atomic E-state index is -0.510. The first-order chi connectivity index (χ1) is 12.0. The third-order valence-electron chi connectivity index (χ3n) is 4.46. The van der Waals surface area contributed by atoms with E-state index >= 15 is 0 Å². The molecular formula is C18H22N4O2S. The fourth-order valence-corrected chi connectivity index (χ4v) is 3.70. The third-order valence-corrected chi connectivity index (χ3v) is 4.77. The zero-order valence-corrected chi connectivity index (χ0v) is 15.6. The standard InChI is InChI=1S/C18H22N4O2S/c1-11(10-24-4)21-17(23)16(19-18(21)25)15-12(2)20-22(13(15)3)14-8-6-5-7-9-14/h5-9,11,16H,10H2,1-4H3,(H,19,25)/t11-,16+/m0/s1. The number of para-hydroxylation sites is 1. The molecule has 0 bridgehead atoms. The van der Waals surface area contributed by atoms with Gasteiger partial charge in [-0.15, -0.1) is 0 Å². The number of methoxy groups -OCH3 is 1. The highest BCUT2D eigenvalue weighted by Crippen LogP contribution is 2.29. The highest BCUT2D eigenvalue weighted by molar-refractivity contribution is 7.80. The molecular weight excluding hydrogens is 336 g/mol. The van der Waals surface area contributed by atoms with Crippen LogP contribution in [0.2, 0.25) is 0 Å². The Balaban J connectivity index is 1.97. The summed E-state index contributed by atoms with van der Waals surface area (Å²) in [6, 6.07) is 9.25. The van der Waals surface area contributed by atoms with Crippen LogP contribution < -0.4 is 5.32 Å². The third kappa shape index (κ3) is 3.05. The van der Waals surface area contributed by atoms with Gasteiger partial charge in [0, 0.05) is 18.4 Å².